The van der Waals surface area contributed by atoms with Crippen molar-refractivity contribution >= 4 is 23.4 Å². The lowest BCUT2D eigenvalue weighted by Gasteiger charge is -2.41. The van der Waals surface area contributed by atoms with Crippen molar-refractivity contribution in [3.8, 4) is 17.2 Å². The summed E-state index contributed by atoms with van der Waals surface area (Å²) in [5.41, 5.74) is 8.30. The van der Waals surface area contributed by atoms with Crippen LogP contribution in [0.3, 0.4) is 0 Å². The Morgan fingerprint density at radius 2 is 1.97 bits per heavy atom. The molecule has 2 aromatic rings. The average Bonchev–Trinajstić information content (AvgIpc) is 3.52. The molecule has 4 heterocycles. The van der Waals surface area contributed by atoms with Gasteiger partial charge < -0.3 is 29.4 Å². The highest BCUT2D eigenvalue weighted by molar-refractivity contribution is 6.33. The van der Waals surface area contributed by atoms with E-state index in [0.29, 0.717) is 53.1 Å². The number of benzene rings is 1. The summed E-state index contributed by atoms with van der Waals surface area (Å²) in [5.74, 6) is 2.04. The zero-order valence-corrected chi connectivity index (χ0v) is 19.6. The molecule has 2 fully saturated rings. The lowest BCUT2D eigenvalue weighted by atomic mass is 9.93. The van der Waals surface area contributed by atoms with E-state index in [4.69, 9.17) is 31.2 Å². The van der Waals surface area contributed by atoms with Crippen LogP contribution in [-0.4, -0.2) is 71.5 Å². The topological polar surface area (TPSA) is 107 Å². The fraction of sp³-hybridized carbons (Fsp3) is 0.609. The third kappa shape index (κ3) is 4.36. The minimum Gasteiger partial charge on any atom is -0.492 e. The number of carbonyl (C=O) groups excluding carboxylic acids is 1. The van der Waals surface area contributed by atoms with Gasteiger partial charge in [0, 0.05) is 37.0 Å². The van der Waals surface area contributed by atoms with Crippen LogP contribution in [0.1, 0.15) is 50.0 Å². The summed E-state index contributed by atoms with van der Waals surface area (Å²) in [6.45, 7) is 6.32. The van der Waals surface area contributed by atoms with Gasteiger partial charge in [0.25, 0.3) is 5.89 Å². The van der Waals surface area contributed by atoms with E-state index in [2.05, 4.69) is 15.1 Å². The number of amides is 1. The zero-order chi connectivity index (χ0) is 22.9. The van der Waals surface area contributed by atoms with Gasteiger partial charge in [-0.15, -0.1) is 10.2 Å². The van der Waals surface area contributed by atoms with Gasteiger partial charge in [-0.2, -0.15) is 0 Å². The van der Waals surface area contributed by atoms with Gasteiger partial charge >= 0.3 is 6.09 Å². The number of nitrogens with zero attached hydrogens (tertiary/aromatic N) is 4. The summed E-state index contributed by atoms with van der Waals surface area (Å²) in [6, 6.07) is 2.26. The molecular formula is C23H30ClN5O4. The maximum Gasteiger partial charge on any atom is 0.409 e. The summed E-state index contributed by atoms with van der Waals surface area (Å²) in [7, 11) is 0. The molecule has 2 N–H and O–H groups in total. The molecule has 33 heavy (non-hydrogen) atoms. The Morgan fingerprint density at radius 3 is 2.70 bits per heavy atom. The number of likely N-dealkylation sites (tertiary alicyclic amines) is 2. The molecule has 3 aliphatic rings. The molecule has 2 saturated heterocycles. The van der Waals surface area contributed by atoms with Gasteiger partial charge in [-0.05, 0) is 51.8 Å². The highest BCUT2D eigenvalue weighted by Gasteiger charge is 2.32. The molecule has 1 amide bonds. The Morgan fingerprint density at radius 1 is 1.21 bits per heavy atom. The summed E-state index contributed by atoms with van der Waals surface area (Å²) in [4.78, 5) is 16.3. The van der Waals surface area contributed by atoms with Crippen molar-refractivity contribution in [3.05, 3.63) is 22.5 Å². The van der Waals surface area contributed by atoms with Crippen LogP contribution in [0.15, 0.2) is 10.5 Å². The SMILES string of the molecule is CCOC(=O)N1CCC(N2CCC(c3nnc(-c4cc(Cl)c(N)c5c4OCC5)o3)CC2)CC1. The summed E-state index contributed by atoms with van der Waals surface area (Å²) >= 11 is 6.33. The monoisotopic (exact) mass is 475 g/mol. The summed E-state index contributed by atoms with van der Waals surface area (Å²) in [6.07, 6.45) is 4.44. The molecule has 1 aromatic heterocycles. The van der Waals surface area contributed by atoms with Crippen molar-refractivity contribution in [2.45, 2.75) is 51.0 Å². The quantitative estimate of drug-likeness (QED) is 0.667. The predicted octanol–water partition coefficient (Wildman–Crippen LogP) is 3.71. The molecule has 3 aliphatic heterocycles. The molecule has 9 nitrogen and oxygen atoms in total. The number of nitrogens with two attached hydrogens (primary N) is 1. The van der Waals surface area contributed by atoms with Crippen molar-refractivity contribution in [2.24, 2.45) is 0 Å². The molecule has 0 unspecified atom stereocenters. The van der Waals surface area contributed by atoms with Crippen LogP contribution in [0.25, 0.3) is 11.5 Å². The Kier molecular flexibility index (Phi) is 6.34. The third-order valence-corrected chi connectivity index (χ3v) is 7.34. The fourth-order valence-electron chi connectivity index (χ4n) is 5.17. The first-order chi connectivity index (χ1) is 16.0. The molecule has 178 valence electrons. The molecule has 0 bridgehead atoms. The highest BCUT2D eigenvalue weighted by Crippen LogP contribution is 2.43. The van der Waals surface area contributed by atoms with Crippen molar-refractivity contribution in [1.82, 2.24) is 20.0 Å². The zero-order valence-electron chi connectivity index (χ0n) is 18.9. The molecule has 5 rings (SSSR count). The van der Waals surface area contributed by atoms with Crippen LogP contribution in [0.5, 0.6) is 5.75 Å². The summed E-state index contributed by atoms with van der Waals surface area (Å²) < 4.78 is 17.0. The maximum atomic E-state index is 11.9. The molecule has 0 spiro atoms. The number of hydrogen-bond acceptors (Lipinski definition) is 8. The van der Waals surface area contributed by atoms with E-state index >= 15 is 0 Å². The van der Waals surface area contributed by atoms with Crippen LogP contribution in [0.2, 0.25) is 5.02 Å². The number of fused-ring (bicyclic) bond motifs is 1. The van der Waals surface area contributed by atoms with Crippen LogP contribution in [0, 0.1) is 0 Å². The van der Waals surface area contributed by atoms with Gasteiger partial charge in [-0.3, -0.25) is 0 Å². The predicted molar refractivity (Wildman–Crippen MR) is 124 cm³/mol. The number of nitrogen functional groups attached to an aromatic ring is 1. The fourth-order valence-corrected chi connectivity index (χ4v) is 5.40. The Labute approximate surface area is 198 Å². The number of hydrogen-bond donors (Lipinski definition) is 1. The molecular weight excluding hydrogens is 446 g/mol. The van der Waals surface area contributed by atoms with Crippen molar-refractivity contribution in [2.75, 3.05) is 45.1 Å². The lowest BCUT2D eigenvalue weighted by molar-refractivity contribution is 0.0650. The van der Waals surface area contributed by atoms with Crippen molar-refractivity contribution < 1.29 is 18.7 Å². The normalized spacial score (nSPS) is 20.0. The first-order valence-corrected chi connectivity index (χ1v) is 12.2. The second kappa shape index (κ2) is 9.38. The standard InChI is InChI=1S/C23H30ClN5O4/c1-2-31-23(30)29-10-5-15(6-11-29)28-8-3-14(4-9-28)21-26-27-22(33-21)17-13-18(24)19(25)16-7-12-32-20(16)17/h13-15H,2-12,25H2,1H3. The number of carbonyl (C=O) groups is 1. The van der Waals surface area contributed by atoms with Crippen LogP contribution >= 0.6 is 11.6 Å². The molecule has 0 radical (unpaired) electrons. The van der Waals surface area contributed by atoms with E-state index in [1.165, 1.54) is 0 Å². The van der Waals surface area contributed by atoms with Gasteiger partial charge in [-0.25, -0.2) is 4.79 Å². The summed E-state index contributed by atoms with van der Waals surface area (Å²) in [5, 5.41) is 9.14. The maximum absolute atomic E-state index is 11.9. The number of aromatic nitrogens is 2. The van der Waals surface area contributed by atoms with E-state index < -0.39 is 0 Å². The number of piperidine rings is 2. The Bertz CT molecular complexity index is 1010. The van der Waals surface area contributed by atoms with Crippen LogP contribution in [-0.2, 0) is 11.2 Å². The van der Waals surface area contributed by atoms with E-state index in [-0.39, 0.29) is 12.0 Å². The van der Waals surface area contributed by atoms with E-state index in [0.717, 1.165) is 63.8 Å². The average molecular weight is 476 g/mol. The van der Waals surface area contributed by atoms with Crippen LogP contribution in [0.4, 0.5) is 10.5 Å². The smallest absolute Gasteiger partial charge is 0.409 e. The first kappa shape index (κ1) is 22.3. The van der Waals surface area contributed by atoms with E-state index in [9.17, 15) is 4.79 Å². The number of anilines is 1. The third-order valence-electron chi connectivity index (χ3n) is 7.03. The van der Waals surface area contributed by atoms with Crippen molar-refractivity contribution in [3.63, 3.8) is 0 Å². The van der Waals surface area contributed by atoms with Gasteiger partial charge in [-0.1, -0.05) is 11.6 Å². The number of ether oxygens (including phenoxy) is 2. The molecule has 0 atom stereocenters. The van der Waals surface area contributed by atoms with E-state index in [1.807, 2.05) is 11.8 Å². The minimum atomic E-state index is -0.194. The lowest BCUT2D eigenvalue weighted by Crippen LogP contribution is -2.48. The van der Waals surface area contributed by atoms with Crippen LogP contribution < -0.4 is 10.5 Å². The van der Waals surface area contributed by atoms with E-state index in [1.54, 1.807) is 6.07 Å². The molecule has 1 aromatic carbocycles. The largest absolute Gasteiger partial charge is 0.492 e. The number of rotatable bonds is 4. The first-order valence-electron chi connectivity index (χ1n) is 11.8. The molecule has 0 saturated carbocycles. The number of halogens is 1. The molecule has 0 aliphatic carbocycles. The Balaban J connectivity index is 1.19. The van der Waals surface area contributed by atoms with Gasteiger partial charge in [0.1, 0.15) is 5.75 Å². The second-order valence-corrected chi connectivity index (χ2v) is 9.31. The van der Waals surface area contributed by atoms with Crippen molar-refractivity contribution in [1.29, 1.82) is 0 Å². The Hall–Kier alpha value is -2.52. The van der Waals surface area contributed by atoms with Gasteiger partial charge in [0.2, 0.25) is 5.89 Å². The second-order valence-electron chi connectivity index (χ2n) is 8.90. The minimum absolute atomic E-state index is 0.194. The van der Waals surface area contributed by atoms with Gasteiger partial charge in [0.05, 0.1) is 29.5 Å². The van der Waals surface area contributed by atoms with Gasteiger partial charge in [0.15, 0.2) is 0 Å². The molecule has 10 heteroatoms. The highest BCUT2D eigenvalue weighted by atomic mass is 35.5.